The Labute approximate surface area is 347 Å². The van der Waals surface area contributed by atoms with Gasteiger partial charge in [0.25, 0.3) is 0 Å². The summed E-state index contributed by atoms with van der Waals surface area (Å²) >= 11 is 0. The summed E-state index contributed by atoms with van der Waals surface area (Å²) in [5.41, 5.74) is -4.96. The number of rotatable bonds is 10. The Balaban J connectivity index is 1.51. The summed E-state index contributed by atoms with van der Waals surface area (Å²) < 4.78 is 44.1. The van der Waals surface area contributed by atoms with E-state index in [1.807, 2.05) is 48.5 Å². The maximum atomic E-state index is 14.4. The molecule has 14 nitrogen and oxygen atoms in total. The lowest BCUT2D eigenvalue weighted by atomic mass is 9.43. The second-order valence-corrected chi connectivity index (χ2v) is 19.3. The monoisotopic (exact) mass is 825 g/mol. The Morgan fingerprint density at radius 1 is 1.05 bits per heavy atom. The fourth-order valence-corrected chi connectivity index (χ4v) is 11.0. The van der Waals surface area contributed by atoms with E-state index in [-0.39, 0.29) is 30.9 Å². The molecule has 2 aliphatic heterocycles. The van der Waals surface area contributed by atoms with E-state index in [1.54, 1.807) is 57.2 Å². The van der Waals surface area contributed by atoms with E-state index in [0.717, 1.165) is 0 Å². The Hall–Kier alpha value is -3.82. The van der Waals surface area contributed by atoms with Crippen LogP contribution in [0.1, 0.15) is 106 Å². The largest absolute Gasteiger partial charge is 0.456 e. The van der Waals surface area contributed by atoms with Crippen LogP contribution in [0.5, 0.6) is 0 Å². The summed E-state index contributed by atoms with van der Waals surface area (Å²) in [6, 6.07) is 7.32. The molecule has 326 valence electrons. The fraction of sp³-hybridized carbons (Fsp3) is 0.689. The van der Waals surface area contributed by atoms with E-state index >= 15 is 0 Å². The Morgan fingerprint density at radius 3 is 2.27 bits per heavy atom. The minimum absolute atomic E-state index is 0.0405. The average Bonchev–Trinajstić information content (AvgIpc) is 3.12. The highest BCUT2D eigenvalue weighted by Crippen LogP contribution is 2.68. The summed E-state index contributed by atoms with van der Waals surface area (Å²) in [6.45, 7) is 23.6. The molecule has 59 heavy (non-hydrogen) atoms. The number of carbonyl (C=O) groups excluding carboxylic acids is 4. The third kappa shape index (κ3) is 7.73. The maximum Gasteiger partial charge on any atom is 0.407 e. The van der Waals surface area contributed by atoms with Gasteiger partial charge in [0.05, 0.1) is 36.3 Å². The van der Waals surface area contributed by atoms with Crippen LogP contribution in [0, 0.1) is 28.6 Å². The minimum Gasteiger partial charge on any atom is -0.456 e. The van der Waals surface area contributed by atoms with Crippen LogP contribution in [0.4, 0.5) is 4.79 Å². The van der Waals surface area contributed by atoms with Gasteiger partial charge in [-0.15, -0.1) is 0 Å². The first-order valence-electron chi connectivity index (χ1n) is 20.7. The first-order chi connectivity index (χ1) is 27.4. The SMILES string of the molecule is C=C[C@@H]1O[C@H]2C[C@H]3OC[C@@]3(OC(C)=O)[C@H]3[C@H](OC(=O)c4ccccc4)[C@]4(O)C[C@H](OC(=O)[C@H](O)[C@H](CC(C)C)NC(=O)OC(C)(C)C)C(C)=C([C@H](C)[C@H](O1)[C@]23C)C4(C)C. The van der Waals surface area contributed by atoms with E-state index in [1.165, 1.54) is 6.92 Å². The van der Waals surface area contributed by atoms with Gasteiger partial charge in [0.15, 0.2) is 18.0 Å². The van der Waals surface area contributed by atoms with Gasteiger partial charge >= 0.3 is 24.0 Å². The quantitative estimate of drug-likeness (QED) is 0.151. The average molecular weight is 826 g/mol. The van der Waals surface area contributed by atoms with Crippen molar-refractivity contribution in [1.29, 1.82) is 0 Å². The lowest BCUT2D eigenvalue weighted by molar-refractivity contribution is -0.403. The predicted octanol–water partition coefficient (Wildman–Crippen LogP) is 5.57. The van der Waals surface area contributed by atoms with Crippen molar-refractivity contribution in [2.45, 2.75) is 161 Å². The Morgan fingerprint density at radius 2 is 1.71 bits per heavy atom. The van der Waals surface area contributed by atoms with Crippen molar-refractivity contribution in [3.63, 3.8) is 0 Å². The number of alkyl carbamates (subject to hydrolysis) is 1. The number of hydrogen-bond donors (Lipinski definition) is 3. The highest BCUT2D eigenvalue weighted by atomic mass is 16.7. The highest BCUT2D eigenvalue weighted by Gasteiger charge is 2.79. The molecule has 1 aromatic carbocycles. The van der Waals surface area contributed by atoms with E-state index in [2.05, 4.69) is 11.9 Å². The first-order valence-corrected chi connectivity index (χ1v) is 20.7. The number of fused-ring (bicyclic) bond motifs is 4. The predicted molar refractivity (Wildman–Crippen MR) is 214 cm³/mol. The van der Waals surface area contributed by atoms with Gasteiger partial charge in [-0.25, -0.2) is 14.4 Å². The van der Waals surface area contributed by atoms with E-state index in [4.69, 9.17) is 33.2 Å². The molecule has 1 aromatic rings. The maximum absolute atomic E-state index is 14.4. The van der Waals surface area contributed by atoms with Crippen molar-refractivity contribution >= 4 is 24.0 Å². The third-order valence-corrected chi connectivity index (χ3v) is 13.5. The molecule has 0 radical (unpaired) electrons. The van der Waals surface area contributed by atoms with Crippen LogP contribution in [0.2, 0.25) is 0 Å². The molecule has 2 heterocycles. The van der Waals surface area contributed by atoms with Crippen LogP contribution >= 0.6 is 0 Å². The summed E-state index contributed by atoms with van der Waals surface area (Å²) in [5, 5.41) is 28.0. The number of carbonyl (C=O) groups is 4. The number of nitrogens with one attached hydrogen (secondary N) is 1. The van der Waals surface area contributed by atoms with Gasteiger partial charge in [-0.2, -0.15) is 0 Å². The number of esters is 3. The Kier molecular flexibility index (Phi) is 12.1. The van der Waals surface area contributed by atoms with Crippen molar-refractivity contribution in [1.82, 2.24) is 5.32 Å². The first kappa shape index (κ1) is 44.7. The number of amides is 1. The van der Waals surface area contributed by atoms with Crippen LogP contribution in [-0.4, -0.2) is 107 Å². The highest BCUT2D eigenvalue weighted by molar-refractivity contribution is 5.89. The van der Waals surface area contributed by atoms with Gasteiger partial charge in [0.1, 0.15) is 29.5 Å². The second kappa shape index (κ2) is 15.9. The number of ether oxygens (including phenoxy) is 7. The summed E-state index contributed by atoms with van der Waals surface area (Å²) in [7, 11) is 0. The molecule has 4 fully saturated rings. The summed E-state index contributed by atoms with van der Waals surface area (Å²) in [5.74, 6) is -3.85. The zero-order valence-corrected chi connectivity index (χ0v) is 36.2. The van der Waals surface area contributed by atoms with Crippen LogP contribution in [0.3, 0.4) is 0 Å². The van der Waals surface area contributed by atoms with Gasteiger partial charge in [0, 0.05) is 36.5 Å². The standard InChI is InChI=1S/C45H63NO13/c1-13-32-55-30-20-31-44(22-53-31,58-26(6)47)35-37(57-38(49)27-17-15-14-16-18-27)45(52)21-29(24(4)33(42(45,10)11)25(5)36(56-32)43(30,35)12)54-39(50)34(48)28(19-23(2)3)46-40(51)59-41(7,8)9/h13-18,23,25,28-32,34-37,48,52H,1,19-22H2,2-12H3,(H,46,51)/t25-,28-,29-,30-,31+,32+,34+,35-,36-,37-,43+,44-,45+/m0/s1. The fourth-order valence-electron chi connectivity index (χ4n) is 11.0. The van der Waals surface area contributed by atoms with Crippen molar-refractivity contribution < 1.29 is 62.5 Å². The van der Waals surface area contributed by atoms with Crippen LogP contribution in [-0.2, 0) is 42.7 Å². The van der Waals surface area contributed by atoms with Crippen molar-refractivity contribution in [3.8, 4) is 0 Å². The molecule has 1 amide bonds. The zero-order valence-electron chi connectivity index (χ0n) is 36.2. The second-order valence-electron chi connectivity index (χ2n) is 19.3. The van der Waals surface area contributed by atoms with Gasteiger partial charge in [0.2, 0.25) is 0 Å². The number of hydrogen-bond acceptors (Lipinski definition) is 13. The van der Waals surface area contributed by atoms with Gasteiger partial charge in [-0.05, 0) is 63.8 Å². The molecule has 14 heteroatoms. The normalized spacial score (nSPS) is 36.8. The molecule has 3 aliphatic carbocycles. The van der Waals surface area contributed by atoms with E-state index < -0.39 is 112 Å². The summed E-state index contributed by atoms with van der Waals surface area (Å²) in [6.07, 6.45) is -6.18. The molecular formula is C45H63NO13. The molecule has 2 saturated carbocycles. The molecule has 2 saturated heterocycles. The zero-order chi connectivity index (χ0) is 43.6. The molecule has 3 N–H and O–H groups in total. The minimum atomic E-state index is -2.02. The molecule has 13 atom stereocenters. The van der Waals surface area contributed by atoms with E-state index in [0.29, 0.717) is 17.6 Å². The van der Waals surface area contributed by atoms with Crippen LogP contribution in [0.15, 0.2) is 54.1 Å². The molecule has 6 rings (SSSR count). The van der Waals surface area contributed by atoms with E-state index in [9.17, 15) is 29.4 Å². The van der Waals surface area contributed by atoms with Gasteiger partial charge in [-0.1, -0.05) is 71.9 Å². The van der Waals surface area contributed by atoms with Crippen molar-refractivity contribution in [2.75, 3.05) is 6.61 Å². The third-order valence-electron chi connectivity index (χ3n) is 13.5. The van der Waals surface area contributed by atoms with Gasteiger partial charge in [-0.3, -0.25) is 4.79 Å². The molecule has 0 spiro atoms. The van der Waals surface area contributed by atoms with Crippen LogP contribution < -0.4 is 5.32 Å². The van der Waals surface area contributed by atoms with Crippen molar-refractivity contribution in [2.24, 2.45) is 28.6 Å². The molecule has 2 bridgehead atoms. The molecule has 0 unspecified atom stereocenters. The van der Waals surface area contributed by atoms with Crippen molar-refractivity contribution in [3.05, 3.63) is 59.7 Å². The molecule has 5 aliphatic rings. The number of aliphatic hydroxyl groups excluding tert-OH is 1. The Bertz CT molecular complexity index is 1840. The lowest BCUT2D eigenvalue weighted by Crippen LogP contribution is -2.83. The van der Waals surface area contributed by atoms with Gasteiger partial charge < -0.3 is 48.7 Å². The van der Waals surface area contributed by atoms with Crippen LogP contribution in [0.25, 0.3) is 0 Å². The smallest absolute Gasteiger partial charge is 0.407 e. The number of benzene rings is 1. The number of aliphatic hydroxyl groups is 2. The molecule has 0 aromatic heterocycles. The summed E-state index contributed by atoms with van der Waals surface area (Å²) in [4.78, 5) is 54.5. The topological polar surface area (TPSA) is 185 Å². The lowest BCUT2D eigenvalue weighted by Gasteiger charge is -2.71. The molecular weight excluding hydrogens is 762 g/mol.